The van der Waals surface area contributed by atoms with Gasteiger partial charge in [-0.25, -0.2) is 8.42 Å². The van der Waals surface area contributed by atoms with Crippen LogP contribution in [-0.4, -0.2) is 30.4 Å². The Bertz CT molecular complexity index is 555. The lowest BCUT2D eigenvalue weighted by Crippen LogP contribution is -2.37. The summed E-state index contributed by atoms with van der Waals surface area (Å²) in [6, 6.07) is 3.19. The van der Waals surface area contributed by atoms with E-state index in [-0.39, 0.29) is 17.5 Å². The highest BCUT2D eigenvalue weighted by Crippen LogP contribution is 2.30. The Morgan fingerprint density at radius 2 is 1.95 bits per heavy atom. The number of hydrogen-bond donors (Lipinski definition) is 1. The van der Waals surface area contributed by atoms with Crippen molar-refractivity contribution >= 4 is 26.0 Å². The fourth-order valence-corrected chi connectivity index (χ4v) is 4.71. The normalized spacial score (nSPS) is 12.4. The van der Waals surface area contributed by atoms with E-state index in [9.17, 15) is 13.5 Å². The summed E-state index contributed by atoms with van der Waals surface area (Å²) in [4.78, 5) is 0.215. The van der Waals surface area contributed by atoms with Crippen molar-refractivity contribution in [1.29, 1.82) is 0 Å². The quantitative estimate of drug-likeness (QED) is 0.888. The molecule has 1 rings (SSSR count). The van der Waals surface area contributed by atoms with E-state index in [2.05, 4.69) is 15.9 Å². The number of aliphatic hydroxyl groups is 1. The Balaban J connectivity index is 3.47. The van der Waals surface area contributed by atoms with E-state index >= 15 is 0 Å². The van der Waals surface area contributed by atoms with Gasteiger partial charge in [0.15, 0.2) is 0 Å². The number of halogens is 1. The van der Waals surface area contributed by atoms with E-state index in [1.807, 2.05) is 27.7 Å². The molecular weight excluding hydrogens is 330 g/mol. The molecule has 0 bridgehead atoms. The monoisotopic (exact) mass is 349 g/mol. The zero-order chi connectivity index (χ0) is 14.8. The lowest BCUT2D eigenvalue weighted by molar-refractivity contribution is 0.281. The van der Waals surface area contributed by atoms with Crippen LogP contribution in [0.5, 0.6) is 0 Å². The molecule has 1 aromatic rings. The van der Waals surface area contributed by atoms with Crippen LogP contribution in [0.2, 0.25) is 0 Å². The third-order valence-corrected chi connectivity index (χ3v) is 6.43. The van der Waals surface area contributed by atoms with Gasteiger partial charge in [-0.2, -0.15) is 4.31 Å². The van der Waals surface area contributed by atoms with Gasteiger partial charge in [-0.15, -0.1) is 0 Å². The lowest BCUT2D eigenvalue weighted by atomic mass is 10.1. The maximum absolute atomic E-state index is 12.7. The summed E-state index contributed by atoms with van der Waals surface area (Å²) >= 11 is 3.34. The van der Waals surface area contributed by atoms with Crippen molar-refractivity contribution in [3.05, 3.63) is 27.7 Å². The number of benzene rings is 1. The second-order valence-electron chi connectivity index (χ2n) is 4.69. The molecule has 0 radical (unpaired) electrons. The molecule has 0 spiro atoms. The summed E-state index contributed by atoms with van der Waals surface area (Å²) < 4.78 is 27.3. The van der Waals surface area contributed by atoms with Gasteiger partial charge in [0, 0.05) is 17.1 Å². The predicted octanol–water partition coefficient (Wildman–Crippen LogP) is 2.67. The average molecular weight is 350 g/mol. The molecule has 0 amide bonds. The van der Waals surface area contributed by atoms with E-state index in [1.165, 1.54) is 10.4 Å². The number of aryl methyl sites for hydroxylation is 1. The summed E-state index contributed by atoms with van der Waals surface area (Å²) in [6.45, 7) is 7.55. The Kier molecular flexibility index (Phi) is 5.55. The van der Waals surface area contributed by atoms with Crippen LogP contribution in [0, 0.1) is 6.92 Å². The van der Waals surface area contributed by atoms with E-state index in [0.29, 0.717) is 16.6 Å². The maximum atomic E-state index is 12.7. The fourth-order valence-electron chi connectivity index (χ4n) is 2.03. The average Bonchev–Trinajstić information content (AvgIpc) is 2.32. The van der Waals surface area contributed by atoms with E-state index in [0.717, 1.165) is 5.56 Å². The molecule has 6 heteroatoms. The molecule has 0 atom stereocenters. The Hall–Kier alpha value is -0.430. The molecule has 0 unspecified atom stereocenters. The molecule has 0 heterocycles. The molecule has 108 valence electrons. The molecule has 0 aliphatic heterocycles. The number of aliphatic hydroxyl groups excluding tert-OH is 1. The summed E-state index contributed by atoms with van der Waals surface area (Å²) in [5.41, 5.74) is 1.39. The minimum absolute atomic E-state index is 0.111. The third kappa shape index (κ3) is 3.37. The molecule has 0 aromatic heterocycles. The molecule has 0 aliphatic rings. The van der Waals surface area contributed by atoms with Gasteiger partial charge in [0.2, 0.25) is 10.0 Å². The number of sulfonamides is 1. The smallest absolute Gasteiger partial charge is 0.244 e. The van der Waals surface area contributed by atoms with Crippen LogP contribution in [-0.2, 0) is 16.6 Å². The fraction of sp³-hybridized carbons (Fsp3) is 0.538. The highest BCUT2D eigenvalue weighted by atomic mass is 79.9. The van der Waals surface area contributed by atoms with Gasteiger partial charge in [0.25, 0.3) is 0 Å². The molecule has 0 saturated heterocycles. The first-order valence-electron chi connectivity index (χ1n) is 6.17. The van der Waals surface area contributed by atoms with Gasteiger partial charge >= 0.3 is 0 Å². The summed E-state index contributed by atoms with van der Waals surface area (Å²) in [5, 5.41) is 9.22. The van der Waals surface area contributed by atoms with Crippen LogP contribution in [0.15, 0.2) is 21.5 Å². The van der Waals surface area contributed by atoms with Crippen LogP contribution >= 0.6 is 15.9 Å². The zero-order valence-corrected chi connectivity index (χ0v) is 14.0. The number of rotatable bonds is 5. The van der Waals surface area contributed by atoms with Crippen molar-refractivity contribution in [1.82, 2.24) is 4.31 Å². The summed E-state index contributed by atoms with van der Waals surface area (Å²) in [5.74, 6) is 0. The first kappa shape index (κ1) is 16.6. The van der Waals surface area contributed by atoms with E-state index in [1.54, 1.807) is 6.07 Å². The van der Waals surface area contributed by atoms with Crippen molar-refractivity contribution in [2.75, 3.05) is 6.54 Å². The molecule has 0 fully saturated rings. The molecular formula is C13H20BrNO3S. The van der Waals surface area contributed by atoms with Crippen LogP contribution < -0.4 is 0 Å². The SMILES string of the molecule is CCN(C(C)C)S(=O)(=O)c1cc(CO)cc(C)c1Br. The van der Waals surface area contributed by atoms with E-state index in [4.69, 9.17) is 0 Å². The van der Waals surface area contributed by atoms with Crippen LogP contribution in [0.25, 0.3) is 0 Å². The van der Waals surface area contributed by atoms with Crippen molar-refractivity contribution in [2.45, 2.75) is 45.2 Å². The standard InChI is InChI=1S/C13H20BrNO3S/c1-5-15(9(2)3)19(17,18)12-7-11(8-16)6-10(4)13(12)14/h6-7,9,16H,5,8H2,1-4H3. The topological polar surface area (TPSA) is 57.6 Å². The predicted molar refractivity (Wildman–Crippen MR) is 79.5 cm³/mol. The Morgan fingerprint density at radius 1 is 1.37 bits per heavy atom. The molecule has 0 saturated carbocycles. The van der Waals surface area contributed by atoms with Gasteiger partial charge < -0.3 is 5.11 Å². The van der Waals surface area contributed by atoms with Gasteiger partial charge in [-0.1, -0.05) is 13.0 Å². The van der Waals surface area contributed by atoms with E-state index < -0.39 is 10.0 Å². The van der Waals surface area contributed by atoms with Crippen LogP contribution in [0.3, 0.4) is 0 Å². The Morgan fingerprint density at radius 3 is 2.37 bits per heavy atom. The van der Waals surface area contributed by atoms with Crippen molar-refractivity contribution < 1.29 is 13.5 Å². The number of nitrogens with zero attached hydrogens (tertiary/aromatic N) is 1. The van der Waals surface area contributed by atoms with Crippen molar-refractivity contribution in [3.8, 4) is 0 Å². The van der Waals surface area contributed by atoms with Crippen molar-refractivity contribution in [2.24, 2.45) is 0 Å². The number of hydrogen-bond acceptors (Lipinski definition) is 3. The molecule has 19 heavy (non-hydrogen) atoms. The Labute approximate surface area is 123 Å². The second kappa shape index (κ2) is 6.35. The highest BCUT2D eigenvalue weighted by molar-refractivity contribution is 9.10. The lowest BCUT2D eigenvalue weighted by Gasteiger charge is -2.25. The summed E-state index contributed by atoms with van der Waals surface area (Å²) in [6.07, 6.45) is 0. The maximum Gasteiger partial charge on any atom is 0.244 e. The van der Waals surface area contributed by atoms with Gasteiger partial charge in [0.05, 0.1) is 11.5 Å². The zero-order valence-electron chi connectivity index (χ0n) is 11.6. The van der Waals surface area contributed by atoms with Gasteiger partial charge in [-0.05, 0) is 53.9 Å². The molecule has 1 aromatic carbocycles. The highest BCUT2D eigenvalue weighted by Gasteiger charge is 2.28. The van der Waals surface area contributed by atoms with Gasteiger partial charge in [-0.3, -0.25) is 0 Å². The first-order valence-corrected chi connectivity index (χ1v) is 8.40. The minimum Gasteiger partial charge on any atom is -0.392 e. The minimum atomic E-state index is -3.56. The van der Waals surface area contributed by atoms with Gasteiger partial charge in [0.1, 0.15) is 0 Å². The van der Waals surface area contributed by atoms with Crippen molar-refractivity contribution in [3.63, 3.8) is 0 Å². The second-order valence-corrected chi connectivity index (χ2v) is 7.34. The van der Waals surface area contributed by atoms with Crippen LogP contribution in [0.1, 0.15) is 31.9 Å². The largest absolute Gasteiger partial charge is 0.392 e. The molecule has 1 N–H and O–H groups in total. The summed E-state index contributed by atoms with van der Waals surface area (Å²) in [7, 11) is -3.56. The first-order chi connectivity index (χ1) is 8.75. The third-order valence-electron chi connectivity index (χ3n) is 2.94. The molecule has 0 aliphatic carbocycles. The molecule has 4 nitrogen and oxygen atoms in total. The van der Waals surface area contributed by atoms with Crippen LogP contribution in [0.4, 0.5) is 0 Å².